The fraction of sp³-hybridized carbons (Fsp3) is 0.375. The zero-order chi connectivity index (χ0) is 21.3. The number of aryl methyl sites for hydroxylation is 1. The molecule has 3 aromatic rings. The molecule has 1 N–H and O–H groups in total. The van der Waals surface area contributed by atoms with Crippen LogP contribution in [0.15, 0.2) is 52.4 Å². The number of rotatable bonds is 6. The molecule has 1 aromatic heterocycles. The van der Waals surface area contributed by atoms with Gasteiger partial charge in [0.05, 0.1) is 24.1 Å². The molecule has 0 saturated carbocycles. The van der Waals surface area contributed by atoms with E-state index in [4.69, 9.17) is 14.7 Å². The zero-order valence-corrected chi connectivity index (χ0v) is 18.6. The molecule has 2 aliphatic rings. The number of nitrogens with one attached hydrogen (secondary N) is 1. The van der Waals surface area contributed by atoms with E-state index in [0.29, 0.717) is 19.8 Å². The van der Waals surface area contributed by atoms with Gasteiger partial charge in [-0.2, -0.15) is 4.98 Å². The van der Waals surface area contributed by atoms with Crippen LogP contribution in [0.2, 0.25) is 0 Å². The first-order chi connectivity index (χ1) is 15.2. The molecule has 1 fully saturated rings. The molecule has 2 aromatic carbocycles. The van der Waals surface area contributed by atoms with Gasteiger partial charge < -0.3 is 19.9 Å². The number of thioether (sulfide) groups is 1. The topological polar surface area (TPSA) is 62.6 Å². The molecule has 160 valence electrons. The van der Waals surface area contributed by atoms with Gasteiger partial charge in [0.25, 0.3) is 0 Å². The van der Waals surface area contributed by atoms with Crippen LogP contribution in [0.4, 0.5) is 11.8 Å². The number of nitrogens with zero attached hydrogens (tertiary/aromatic N) is 4. The maximum Gasteiger partial charge on any atom is 0.228 e. The van der Waals surface area contributed by atoms with Crippen molar-refractivity contribution in [2.24, 2.45) is 10.4 Å². The van der Waals surface area contributed by atoms with Gasteiger partial charge in [-0.3, -0.25) is 0 Å². The van der Waals surface area contributed by atoms with Crippen molar-refractivity contribution in [2.45, 2.75) is 18.4 Å². The Labute approximate surface area is 187 Å². The fourth-order valence-corrected chi connectivity index (χ4v) is 5.18. The first-order valence-corrected chi connectivity index (χ1v) is 11.6. The first-order valence-electron chi connectivity index (χ1n) is 10.6. The lowest BCUT2D eigenvalue weighted by Crippen LogP contribution is -2.50. The largest absolute Gasteiger partial charge is 0.380 e. The average Bonchev–Trinajstić information content (AvgIpc) is 2.98. The van der Waals surface area contributed by atoms with Gasteiger partial charge in [0.1, 0.15) is 5.82 Å². The molecule has 31 heavy (non-hydrogen) atoms. The second-order valence-electron chi connectivity index (χ2n) is 8.50. The molecule has 5 rings (SSSR count). The molecule has 7 heteroatoms. The van der Waals surface area contributed by atoms with Gasteiger partial charge in [0.2, 0.25) is 5.95 Å². The number of aromatic nitrogens is 2. The number of ether oxygens (including phenoxy) is 1. The van der Waals surface area contributed by atoms with E-state index in [2.05, 4.69) is 71.3 Å². The summed E-state index contributed by atoms with van der Waals surface area (Å²) in [5, 5.41) is 4.66. The van der Waals surface area contributed by atoms with Crippen LogP contribution in [0, 0.1) is 12.3 Å². The van der Waals surface area contributed by atoms with Gasteiger partial charge >= 0.3 is 0 Å². The first kappa shape index (κ1) is 20.3. The molecular weight excluding hydrogens is 406 g/mol. The molecule has 0 spiro atoms. The predicted octanol–water partition coefficient (Wildman–Crippen LogP) is 4.18. The Hall–Kier alpha value is -2.64. The van der Waals surface area contributed by atoms with Crippen molar-refractivity contribution in [3.63, 3.8) is 0 Å². The van der Waals surface area contributed by atoms with Crippen molar-refractivity contribution in [3.8, 4) is 0 Å². The van der Waals surface area contributed by atoms with Crippen LogP contribution in [0.5, 0.6) is 0 Å². The molecule has 2 aliphatic heterocycles. The molecule has 0 amide bonds. The van der Waals surface area contributed by atoms with E-state index in [1.54, 1.807) is 0 Å². The fourth-order valence-electron chi connectivity index (χ4n) is 4.15. The molecule has 3 heterocycles. The number of hydrogen-bond acceptors (Lipinski definition) is 7. The van der Waals surface area contributed by atoms with Crippen LogP contribution in [-0.4, -0.2) is 55.3 Å². The summed E-state index contributed by atoms with van der Waals surface area (Å²) in [4.78, 5) is 17.7. The minimum Gasteiger partial charge on any atom is -0.380 e. The third-order valence-electron chi connectivity index (χ3n) is 5.97. The summed E-state index contributed by atoms with van der Waals surface area (Å²) in [6.07, 6.45) is 0. The normalized spacial score (nSPS) is 17.5. The maximum absolute atomic E-state index is 5.48. The molecular formula is C24H27N5OS. The second-order valence-corrected chi connectivity index (χ2v) is 9.64. The molecule has 0 radical (unpaired) electrons. The molecule has 0 bridgehead atoms. The van der Waals surface area contributed by atoms with Gasteiger partial charge in [0.15, 0.2) is 0 Å². The molecule has 6 nitrogen and oxygen atoms in total. The summed E-state index contributed by atoms with van der Waals surface area (Å²) < 4.78 is 5.48. The quantitative estimate of drug-likeness (QED) is 0.589. The number of benzene rings is 2. The summed E-state index contributed by atoms with van der Waals surface area (Å²) in [5.74, 6) is 2.67. The summed E-state index contributed by atoms with van der Waals surface area (Å²) in [7, 11) is 0. The van der Waals surface area contributed by atoms with E-state index in [1.165, 1.54) is 16.0 Å². The van der Waals surface area contributed by atoms with Gasteiger partial charge in [-0.25, -0.2) is 4.98 Å². The van der Waals surface area contributed by atoms with E-state index < -0.39 is 0 Å². The lowest BCUT2D eigenvalue weighted by molar-refractivity contribution is -0.0975. The van der Waals surface area contributed by atoms with Crippen molar-refractivity contribution in [1.29, 1.82) is 0 Å². The number of hydrogen-bond donors (Lipinski definition) is 1. The highest BCUT2D eigenvalue weighted by atomic mass is 32.2. The Morgan fingerprint density at radius 1 is 1.23 bits per heavy atom. The van der Waals surface area contributed by atoms with Gasteiger partial charge in [-0.05, 0) is 37.4 Å². The predicted molar refractivity (Wildman–Crippen MR) is 129 cm³/mol. The van der Waals surface area contributed by atoms with E-state index in [-0.39, 0.29) is 5.41 Å². The smallest absolute Gasteiger partial charge is 0.228 e. The van der Waals surface area contributed by atoms with Crippen LogP contribution in [0.1, 0.15) is 11.1 Å². The van der Waals surface area contributed by atoms with Crippen molar-refractivity contribution in [1.82, 2.24) is 9.97 Å². The van der Waals surface area contributed by atoms with Crippen LogP contribution in [-0.2, 0) is 11.3 Å². The standard InChI is InChI=1S/C24H27N5OS/c1-17-7-8-20-19(11-17)22(26-14-24(13-25-2)15-30-16-24)28-23(27-20)29-9-10-31-21-6-4-3-5-18(21)12-29/h3-8,11H,2,9-10,12-16H2,1H3,(H,26,27,28). The van der Waals surface area contributed by atoms with Crippen LogP contribution in [0.3, 0.4) is 0 Å². The monoisotopic (exact) mass is 433 g/mol. The summed E-state index contributed by atoms with van der Waals surface area (Å²) >= 11 is 1.90. The molecule has 0 atom stereocenters. The third-order valence-corrected chi connectivity index (χ3v) is 7.07. The number of fused-ring (bicyclic) bond motifs is 2. The van der Waals surface area contributed by atoms with Crippen LogP contribution in [0.25, 0.3) is 10.9 Å². The van der Waals surface area contributed by atoms with Crippen molar-refractivity contribution in [2.75, 3.05) is 48.8 Å². The zero-order valence-electron chi connectivity index (χ0n) is 17.8. The van der Waals surface area contributed by atoms with Crippen molar-refractivity contribution in [3.05, 3.63) is 53.6 Å². The minimum absolute atomic E-state index is 0.00119. The van der Waals surface area contributed by atoms with Gasteiger partial charge in [-0.15, -0.1) is 11.8 Å². The lowest BCUT2D eigenvalue weighted by Gasteiger charge is -2.40. The van der Waals surface area contributed by atoms with E-state index in [0.717, 1.165) is 48.1 Å². The minimum atomic E-state index is 0.00119. The van der Waals surface area contributed by atoms with E-state index >= 15 is 0 Å². The Balaban J connectivity index is 1.49. The Morgan fingerprint density at radius 3 is 2.90 bits per heavy atom. The van der Waals surface area contributed by atoms with Gasteiger partial charge in [-0.1, -0.05) is 29.8 Å². The van der Waals surface area contributed by atoms with Crippen molar-refractivity contribution >= 4 is 41.1 Å². The Bertz CT molecular complexity index is 1110. The summed E-state index contributed by atoms with van der Waals surface area (Å²) in [6, 6.07) is 15.0. The van der Waals surface area contributed by atoms with Gasteiger partial charge in [0, 0.05) is 42.2 Å². The second kappa shape index (κ2) is 8.48. The summed E-state index contributed by atoms with van der Waals surface area (Å²) in [5.41, 5.74) is 3.49. The number of anilines is 2. The molecule has 0 aliphatic carbocycles. The maximum atomic E-state index is 5.48. The SMILES string of the molecule is C=NCC1(CNc2nc(N3CCSc4ccccc4C3)nc3ccc(C)cc23)COC1. The highest BCUT2D eigenvalue weighted by molar-refractivity contribution is 7.99. The average molecular weight is 434 g/mol. The highest BCUT2D eigenvalue weighted by Gasteiger charge is 2.38. The number of aliphatic imine (C=N–C) groups is 1. The third kappa shape index (κ3) is 4.12. The van der Waals surface area contributed by atoms with E-state index in [9.17, 15) is 0 Å². The van der Waals surface area contributed by atoms with Crippen LogP contribution < -0.4 is 10.2 Å². The highest BCUT2D eigenvalue weighted by Crippen LogP contribution is 2.32. The van der Waals surface area contributed by atoms with E-state index in [1.807, 2.05) is 11.8 Å². The van der Waals surface area contributed by atoms with Crippen molar-refractivity contribution < 1.29 is 4.74 Å². The Morgan fingerprint density at radius 2 is 2.10 bits per heavy atom. The molecule has 1 saturated heterocycles. The lowest BCUT2D eigenvalue weighted by atomic mass is 9.86. The Kier molecular flexibility index (Phi) is 5.54. The summed E-state index contributed by atoms with van der Waals surface area (Å²) in [6.45, 7) is 10.4. The van der Waals surface area contributed by atoms with Crippen LogP contribution >= 0.6 is 11.8 Å². The molecule has 0 unspecified atom stereocenters.